The number of carbonyl (C=O) groups excluding carboxylic acids is 1. The van der Waals surface area contributed by atoms with Crippen molar-refractivity contribution in [1.82, 2.24) is 4.90 Å². The molecule has 0 amide bonds. The summed E-state index contributed by atoms with van der Waals surface area (Å²) in [5, 5.41) is 2.22. The molecule has 0 saturated carbocycles. The van der Waals surface area contributed by atoms with Gasteiger partial charge in [-0.25, -0.2) is 0 Å². The van der Waals surface area contributed by atoms with E-state index in [0.717, 1.165) is 40.6 Å². The van der Waals surface area contributed by atoms with E-state index in [-0.39, 0.29) is 18.6 Å². The summed E-state index contributed by atoms with van der Waals surface area (Å²) in [6.45, 7) is 1.08. The zero-order valence-electron chi connectivity index (χ0n) is 16.6. The SMILES string of the molecule is COc1c2c(cc3c1C(CC(=O)c1ccc4ccccc4c1)N(C)CC3)OCO2. The first-order chi connectivity index (χ1) is 14.2. The topological polar surface area (TPSA) is 48.0 Å². The largest absolute Gasteiger partial charge is 0.492 e. The number of benzene rings is 3. The van der Waals surface area contributed by atoms with Crippen molar-refractivity contribution in [2.24, 2.45) is 0 Å². The molecule has 0 aliphatic carbocycles. The van der Waals surface area contributed by atoms with Crippen LogP contribution >= 0.6 is 0 Å². The number of rotatable bonds is 4. The lowest BCUT2D eigenvalue weighted by Gasteiger charge is -2.35. The lowest BCUT2D eigenvalue weighted by atomic mass is 9.87. The standard InChI is InChI=1S/C24H23NO4/c1-25-10-9-18-12-21-23(29-14-28-21)24(27-2)22(18)19(25)13-20(26)17-8-7-15-5-3-4-6-16(15)11-17/h3-8,11-12,19H,9-10,13-14H2,1-2H3. The van der Waals surface area contributed by atoms with E-state index in [4.69, 9.17) is 14.2 Å². The van der Waals surface area contributed by atoms with E-state index >= 15 is 0 Å². The number of Topliss-reactive ketones (excluding diaryl/α,β-unsaturated/α-hetero) is 1. The van der Waals surface area contributed by atoms with Crippen molar-refractivity contribution in [1.29, 1.82) is 0 Å². The molecule has 3 aromatic rings. The van der Waals surface area contributed by atoms with E-state index in [2.05, 4.69) is 18.0 Å². The number of hydrogen-bond acceptors (Lipinski definition) is 5. The molecule has 29 heavy (non-hydrogen) atoms. The van der Waals surface area contributed by atoms with Gasteiger partial charge in [-0.1, -0.05) is 36.4 Å². The molecule has 1 unspecified atom stereocenters. The number of ether oxygens (including phenoxy) is 3. The van der Waals surface area contributed by atoms with Crippen molar-refractivity contribution >= 4 is 16.6 Å². The summed E-state index contributed by atoms with van der Waals surface area (Å²) in [5.41, 5.74) is 2.95. The average Bonchev–Trinajstić information content (AvgIpc) is 3.22. The summed E-state index contributed by atoms with van der Waals surface area (Å²) in [6, 6.07) is 16.0. The Morgan fingerprint density at radius 2 is 1.97 bits per heavy atom. The quantitative estimate of drug-likeness (QED) is 0.620. The zero-order valence-corrected chi connectivity index (χ0v) is 16.6. The van der Waals surface area contributed by atoms with Crippen molar-refractivity contribution in [3.05, 3.63) is 65.2 Å². The predicted octanol–water partition coefficient (Wildman–Crippen LogP) is 4.38. The molecular weight excluding hydrogens is 366 g/mol. The Morgan fingerprint density at radius 3 is 2.79 bits per heavy atom. The van der Waals surface area contributed by atoms with Gasteiger partial charge in [0.1, 0.15) is 0 Å². The van der Waals surface area contributed by atoms with Gasteiger partial charge in [-0.15, -0.1) is 0 Å². The van der Waals surface area contributed by atoms with Crippen LogP contribution in [0.15, 0.2) is 48.5 Å². The number of hydrogen-bond donors (Lipinski definition) is 0. The van der Waals surface area contributed by atoms with Crippen molar-refractivity contribution < 1.29 is 19.0 Å². The van der Waals surface area contributed by atoms with Gasteiger partial charge in [0, 0.05) is 30.1 Å². The highest BCUT2D eigenvalue weighted by Crippen LogP contribution is 2.50. The molecule has 5 nitrogen and oxygen atoms in total. The first-order valence-electron chi connectivity index (χ1n) is 9.87. The molecule has 5 heteroatoms. The third-order valence-electron chi connectivity index (χ3n) is 6.00. The van der Waals surface area contributed by atoms with Crippen molar-refractivity contribution in [3.8, 4) is 17.2 Å². The molecule has 0 bridgehead atoms. The van der Waals surface area contributed by atoms with E-state index in [1.54, 1.807) is 7.11 Å². The van der Waals surface area contributed by atoms with Crippen LogP contribution in [-0.2, 0) is 6.42 Å². The Hall–Kier alpha value is -3.05. The molecule has 0 radical (unpaired) electrons. The second-order valence-corrected chi connectivity index (χ2v) is 7.65. The van der Waals surface area contributed by atoms with Crippen LogP contribution in [0.2, 0.25) is 0 Å². The van der Waals surface area contributed by atoms with Crippen molar-refractivity contribution in [3.63, 3.8) is 0 Å². The molecule has 2 heterocycles. The summed E-state index contributed by atoms with van der Waals surface area (Å²) in [5.74, 6) is 2.19. The minimum absolute atomic E-state index is 0.0674. The molecule has 5 rings (SSSR count). The zero-order chi connectivity index (χ0) is 20.0. The summed E-state index contributed by atoms with van der Waals surface area (Å²) < 4.78 is 17.0. The second kappa shape index (κ2) is 7.08. The van der Waals surface area contributed by atoms with Gasteiger partial charge in [0.2, 0.25) is 12.5 Å². The van der Waals surface area contributed by atoms with E-state index in [0.29, 0.717) is 17.9 Å². The molecule has 2 aliphatic rings. The van der Waals surface area contributed by atoms with Gasteiger partial charge in [-0.3, -0.25) is 9.69 Å². The normalized spacial score (nSPS) is 17.9. The third kappa shape index (κ3) is 3.02. The van der Waals surface area contributed by atoms with Crippen LogP contribution in [0, 0.1) is 0 Å². The Balaban J connectivity index is 1.52. The number of nitrogens with zero attached hydrogens (tertiary/aromatic N) is 1. The molecule has 0 saturated heterocycles. The molecule has 1 atom stereocenters. The van der Waals surface area contributed by atoms with E-state index in [1.165, 1.54) is 5.56 Å². The second-order valence-electron chi connectivity index (χ2n) is 7.65. The molecule has 0 spiro atoms. The lowest BCUT2D eigenvalue weighted by molar-refractivity contribution is 0.0925. The monoisotopic (exact) mass is 389 g/mol. The van der Waals surface area contributed by atoms with Gasteiger partial charge in [-0.2, -0.15) is 0 Å². The lowest BCUT2D eigenvalue weighted by Crippen LogP contribution is -2.34. The maximum Gasteiger partial charge on any atom is 0.231 e. The summed E-state index contributed by atoms with van der Waals surface area (Å²) >= 11 is 0. The number of methoxy groups -OCH3 is 1. The molecule has 0 aromatic heterocycles. The van der Waals surface area contributed by atoms with Crippen LogP contribution in [-0.4, -0.2) is 38.2 Å². The third-order valence-corrected chi connectivity index (χ3v) is 6.00. The van der Waals surface area contributed by atoms with Crippen molar-refractivity contribution in [2.75, 3.05) is 27.5 Å². The van der Waals surface area contributed by atoms with Gasteiger partial charge in [-0.05, 0) is 41.9 Å². The van der Waals surface area contributed by atoms with Gasteiger partial charge >= 0.3 is 0 Å². The van der Waals surface area contributed by atoms with Crippen LogP contribution in [0.4, 0.5) is 0 Å². The molecule has 0 N–H and O–H groups in total. The Labute approximate surface area is 169 Å². The van der Waals surface area contributed by atoms with Gasteiger partial charge in [0.15, 0.2) is 17.3 Å². The molecule has 3 aromatic carbocycles. The highest BCUT2D eigenvalue weighted by atomic mass is 16.7. The van der Waals surface area contributed by atoms with E-state index in [9.17, 15) is 4.79 Å². The fourth-order valence-electron chi connectivity index (χ4n) is 4.44. The average molecular weight is 389 g/mol. The van der Waals surface area contributed by atoms with Gasteiger partial charge in [0.05, 0.1) is 7.11 Å². The number of ketones is 1. The number of carbonyl (C=O) groups is 1. The first-order valence-corrected chi connectivity index (χ1v) is 9.87. The highest BCUT2D eigenvalue weighted by molar-refractivity contribution is 6.00. The smallest absolute Gasteiger partial charge is 0.231 e. The van der Waals surface area contributed by atoms with Gasteiger partial charge < -0.3 is 14.2 Å². The Kier molecular flexibility index (Phi) is 4.40. The molecule has 148 valence electrons. The minimum atomic E-state index is -0.0674. The van der Waals surface area contributed by atoms with Crippen LogP contribution in [0.25, 0.3) is 10.8 Å². The maximum atomic E-state index is 13.2. The summed E-state index contributed by atoms with van der Waals surface area (Å²) in [4.78, 5) is 15.5. The van der Waals surface area contributed by atoms with Crippen LogP contribution in [0.1, 0.15) is 33.9 Å². The van der Waals surface area contributed by atoms with Gasteiger partial charge in [0.25, 0.3) is 0 Å². The van der Waals surface area contributed by atoms with Crippen LogP contribution in [0.5, 0.6) is 17.2 Å². The summed E-state index contributed by atoms with van der Waals surface area (Å²) in [7, 11) is 3.71. The van der Waals surface area contributed by atoms with Crippen molar-refractivity contribution in [2.45, 2.75) is 18.9 Å². The maximum absolute atomic E-state index is 13.2. The van der Waals surface area contributed by atoms with Crippen LogP contribution < -0.4 is 14.2 Å². The fraction of sp³-hybridized carbons (Fsp3) is 0.292. The molecule has 2 aliphatic heterocycles. The fourth-order valence-corrected chi connectivity index (χ4v) is 4.44. The number of fused-ring (bicyclic) bond motifs is 3. The first kappa shape index (κ1) is 18.0. The highest BCUT2D eigenvalue weighted by Gasteiger charge is 2.35. The summed E-state index contributed by atoms with van der Waals surface area (Å²) in [6.07, 6.45) is 1.28. The minimum Gasteiger partial charge on any atom is -0.492 e. The van der Waals surface area contributed by atoms with Crippen LogP contribution in [0.3, 0.4) is 0 Å². The Bertz CT molecular complexity index is 1110. The molecular formula is C24H23NO4. The predicted molar refractivity (Wildman–Crippen MR) is 111 cm³/mol. The van der Waals surface area contributed by atoms with E-state index in [1.807, 2.05) is 42.5 Å². The van der Waals surface area contributed by atoms with E-state index < -0.39 is 0 Å². The molecule has 0 fully saturated rings. The Morgan fingerprint density at radius 1 is 1.14 bits per heavy atom. The number of likely N-dealkylation sites (N-methyl/N-ethyl adjacent to an activating group) is 1.